The van der Waals surface area contributed by atoms with Gasteiger partial charge in [0, 0.05) is 23.7 Å². The normalized spacial score (nSPS) is 20.5. The van der Waals surface area contributed by atoms with Gasteiger partial charge < -0.3 is 4.90 Å². The van der Waals surface area contributed by atoms with Crippen molar-refractivity contribution in [2.45, 2.75) is 16.7 Å². The summed E-state index contributed by atoms with van der Waals surface area (Å²) in [6.45, 7) is 0.442. The minimum Gasteiger partial charge on any atom is -0.310 e. The van der Waals surface area contributed by atoms with Crippen molar-refractivity contribution in [3.63, 3.8) is 0 Å². The van der Waals surface area contributed by atoms with E-state index in [9.17, 15) is 13.2 Å². The zero-order chi connectivity index (χ0) is 13.5. The SMILES string of the molecule is CS(=O)(=O)c1ccc(N2CC(Cl)CC2=O)c(Br)c1. The molecule has 0 bridgehead atoms. The fraction of sp³-hybridized carbons (Fsp3) is 0.364. The second-order valence-corrected chi connectivity index (χ2v) is 7.68. The number of benzene rings is 1. The zero-order valence-corrected chi connectivity index (χ0v) is 12.7. The smallest absolute Gasteiger partial charge is 0.228 e. The molecule has 18 heavy (non-hydrogen) atoms. The minimum absolute atomic E-state index is 0.0530. The summed E-state index contributed by atoms with van der Waals surface area (Å²) in [6.07, 6.45) is 1.45. The molecule has 0 N–H and O–H groups in total. The molecule has 0 spiro atoms. The fourth-order valence-corrected chi connectivity index (χ4v) is 3.50. The van der Waals surface area contributed by atoms with E-state index in [1.54, 1.807) is 11.0 Å². The van der Waals surface area contributed by atoms with Crippen LogP contribution in [-0.2, 0) is 14.6 Å². The first kappa shape index (κ1) is 13.8. The molecule has 1 aliphatic heterocycles. The molecule has 0 aromatic heterocycles. The molecule has 4 nitrogen and oxygen atoms in total. The quantitative estimate of drug-likeness (QED) is 0.767. The summed E-state index contributed by atoms with van der Waals surface area (Å²) in [4.78, 5) is 13.5. The van der Waals surface area contributed by atoms with Gasteiger partial charge in [-0.2, -0.15) is 0 Å². The van der Waals surface area contributed by atoms with Crippen LogP contribution >= 0.6 is 27.5 Å². The van der Waals surface area contributed by atoms with Crippen molar-refractivity contribution < 1.29 is 13.2 Å². The van der Waals surface area contributed by atoms with Crippen LogP contribution < -0.4 is 4.90 Å². The molecule has 2 rings (SSSR count). The summed E-state index contributed by atoms with van der Waals surface area (Å²) < 4.78 is 23.4. The summed E-state index contributed by atoms with van der Waals surface area (Å²) in [5.74, 6) is -0.0530. The Labute approximate surface area is 119 Å². The number of amides is 1. The Balaban J connectivity index is 2.40. The standard InChI is InChI=1S/C11H11BrClNO3S/c1-18(16,17)8-2-3-10(9(12)5-8)14-6-7(13)4-11(14)15/h2-3,5,7H,4,6H2,1H3. The van der Waals surface area contributed by atoms with Crippen LogP contribution in [0.25, 0.3) is 0 Å². The van der Waals surface area contributed by atoms with E-state index in [0.717, 1.165) is 6.26 Å². The highest BCUT2D eigenvalue weighted by atomic mass is 79.9. The lowest BCUT2D eigenvalue weighted by Gasteiger charge is -2.18. The Morgan fingerprint density at radius 2 is 2.11 bits per heavy atom. The number of nitrogens with zero attached hydrogens (tertiary/aromatic N) is 1. The van der Waals surface area contributed by atoms with Gasteiger partial charge in [-0.25, -0.2) is 8.42 Å². The van der Waals surface area contributed by atoms with E-state index >= 15 is 0 Å². The molecular weight excluding hydrogens is 342 g/mol. The van der Waals surface area contributed by atoms with Gasteiger partial charge in [-0.15, -0.1) is 11.6 Å². The molecule has 1 amide bonds. The van der Waals surface area contributed by atoms with Crippen LogP contribution in [0, 0.1) is 0 Å². The average Bonchev–Trinajstić information content (AvgIpc) is 2.56. The second kappa shape index (κ2) is 4.83. The first-order chi connectivity index (χ1) is 8.29. The van der Waals surface area contributed by atoms with Crippen LogP contribution in [0.15, 0.2) is 27.6 Å². The highest BCUT2D eigenvalue weighted by Crippen LogP contribution is 2.32. The third-order valence-electron chi connectivity index (χ3n) is 2.72. The van der Waals surface area contributed by atoms with Gasteiger partial charge in [-0.3, -0.25) is 4.79 Å². The third kappa shape index (κ3) is 2.70. The van der Waals surface area contributed by atoms with Gasteiger partial charge >= 0.3 is 0 Å². The molecule has 1 heterocycles. The highest BCUT2D eigenvalue weighted by Gasteiger charge is 2.30. The van der Waals surface area contributed by atoms with Crippen molar-refractivity contribution in [2.75, 3.05) is 17.7 Å². The summed E-state index contributed by atoms with van der Waals surface area (Å²) >= 11 is 9.23. The molecule has 98 valence electrons. The molecule has 1 saturated heterocycles. The number of hydrogen-bond acceptors (Lipinski definition) is 3. The molecule has 1 aromatic rings. The highest BCUT2D eigenvalue weighted by molar-refractivity contribution is 9.10. The van der Waals surface area contributed by atoms with Crippen LogP contribution in [0.2, 0.25) is 0 Å². The molecule has 1 unspecified atom stereocenters. The molecule has 1 aromatic carbocycles. The van der Waals surface area contributed by atoms with Crippen LogP contribution in [0.3, 0.4) is 0 Å². The van der Waals surface area contributed by atoms with E-state index in [-0.39, 0.29) is 16.2 Å². The summed E-state index contributed by atoms with van der Waals surface area (Å²) in [7, 11) is -3.25. The number of halogens is 2. The molecule has 0 radical (unpaired) electrons. The van der Waals surface area contributed by atoms with E-state index in [1.165, 1.54) is 12.1 Å². The van der Waals surface area contributed by atoms with Gasteiger partial charge in [0.1, 0.15) is 0 Å². The Bertz CT molecular complexity index is 602. The van der Waals surface area contributed by atoms with Crippen LogP contribution in [0.1, 0.15) is 6.42 Å². The van der Waals surface area contributed by atoms with E-state index in [1.807, 2.05) is 0 Å². The van der Waals surface area contributed by atoms with Crippen molar-refractivity contribution >= 4 is 49.0 Å². The molecule has 0 aliphatic carbocycles. The Morgan fingerprint density at radius 1 is 1.44 bits per heavy atom. The van der Waals surface area contributed by atoms with E-state index in [4.69, 9.17) is 11.6 Å². The molecule has 1 aliphatic rings. The minimum atomic E-state index is -3.25. The first-order valence-corrected chi connectivity index (χ1v) is 8.35. The summed E-state index contributed by atoms with van der Waals surface area (Å²) in [5.41, 5.74) is 0.649. The maximum atomic E-state index is 11.7. The number of carbonyl (C=O) groups is 1. The lowest BCUT2D eigenvalue weighted by Crippen LogP contribution is -2.25. The van der Waals surface area contributed by atoms with Crippen molar-refractivity contribution in [3.8, 4) is 0 Å². The predicted octanol–water partition coefficient (Wildman–Crippen LogP) is 2.20. The average molecular weight is 353 g/mol. The number of rotatable bonds is 2. The Kier molecular flexibility index (Phi) is 3.71. The van der Waals surface area contributed by atoms with Gasteiger partial charge in [0.05, 0.1) is 16.0 Å². The van der Waals surface area contributed by atoms with Crippen molar-refractivity contribution in [2.24, 2.45) is 0 Å². The monoisotopic (exact) mass is 351 g/mol. The maximum Gasteiger partial charge on any atom is 0.228 e. The predicted molar refractivity (Wildman–Crippen MR) is 73.9 cm³/mol. The van der Waals surface area contributed by atoms with Gasteiger partial charge in [0.2, 0.25) is 5.91 Å². The van der Waals surface area contributed by atoms with Crippen molar-refractivity contribution in [3.05, 3.63) is 22.7 Å². The Morgan fingerprint density at radius 3 is 2.56 bits per heavy atom. The number of carbonyl (C=O) groups excluding carboxylic acids is 1. The van der Waals surface area contributed by atoms with Crippen molar-refractivity contribution in [1.82, 2.24) is 0 Å². The number of anilines is 1. The summed E-state index contributed by atoms with van der Waals surface area (Å²) in [5, 5.41) is -0.195. The van der Waals surface area contributed by atoms with Gasteiger partial charge in [-0.1, -0.05) is 0 Å². The van der Waals surface area contributed by atoms with Crippen LogP contribution in [-0.4, -0.2) is 32.5 Å². The topological polar surface area (TPSA) is 54.5 Å². The molecule has 1 atom stereocenters. The molecule has 1 fully saturated rings. The number of sulfone groups is 1. The van der Waals surface area contributed by atoms with Crippen LogP contribution in [0.4, 0.5) is 5.69 Å². The van der Waals surface area contributed by atoms with E-state index in [0.29, 0.717) is 23.1 Å². The fourth-order valence-electron chi connectivity index (χ4n) is 1.83. The van der Waals surface area contributed by atoms with Gasteiger partial charge in [-0.05, 0) is 34.1 Å². The van der Waals surface area contributed by atoms with Gasteiger partial charge in [0.25, 0.3) is 0 Å². The summed E-state index contributed by atoms with van der Waals surface area (Å²) in [6, 6.07) is 4.61. The largest absolute Gasteiger partial charge is 0.310 e. The van der Waals surface area contributed by atoms with E-state index in [2.05, 4.69) is 15.9 Å². The zero-order valence-electron chi connectivity index (χ0n) is 9.56. The number of hydrogen-bond donors (Lipinski definition) is 0. The molecule has 0 saturated carbocycles. The maximum absolute atomic E-state index is 11.7. The second-order valence-electron chi connectivity index (χ2n) is 4.19. The van der Waals surface area contributed by atoms with E-state index < -0.39 is 9.84 Å². The van der Waals surface area contributed by atoms with Crippen LogP contribution in [0.5, 0.6) is 0 Å². The lowest BCUT2D eigenvalue weighted by molar-refractivity contribution is -0.117. The van der Waals surface area contributed by atoms with Crippen molar-refractivity contribution in [1.29, 1.82) is 0 Å². The van der Waals surface area contributed by atoms with Gasteiger partial charge in [0.15, 0.2) is 9.84 Å². The number of alkyl halides is 1. The molecular formula is C11H11BrClNO3S. The lowest BCUT2D eigenvalue weighted by atomic mass is 10.3. The Hall–Kier alpha value is -0.590. The first-order valence-electron chi connectivity index (χ1n) is 5.23. The molecule has 7 heteroatoms. The third-order valence-corrected chi connectivity index (χ3v) is 4.75.